The molecule has 1 aliphatic heterocycles. The van der Waals surface area contributed by atoms with Gasteiger partial charge >= 0.3 is 0 Å². The van der Waals surface area contributed by atoms with Gasteiger partial charge in [0, 0.05) is 48.5 Å². The van der Waals surface area contributed by atoms with Crippen LogP contribution in [0.15, 0.2) is 79.3 Å². The van der Waals surface area contributed by atoms with Crippen LogP contribution in [0.4, 0.5) is 5.82 Å². The highest BCUT2D eigenvalue weighted by molar-refractivity contribution is 5.89. The molecule has 0 atom stereocenters. The Morgan fingerprint density at radius 1 is 1.23 bits per heavy atom. The van der Waals surface area contributed by atoms with Crippen LogP contribution in [-0.4, -0.2) is 41.1 Å². The van der Waals surface area contributed by atoms with Crippen LogP contribution in [0.25, 0.3) is 22.0 Å². The number of aromatic nitrogens is 3. The number of anilines is 1. The number of aromatic amines is 1. The predicted octanol–water partition coefficient (Wildman–Crippen LogP) is 3.88. The fourth-order valence-corrected chi connectivity index (χ4v) is 3.59. The van der Waals surface area contributed by atoms with Gasteiger partial charge in [-0.15, -0.1) is 0 Å². The number of nitrogens with one attached hydrogen (secondary N) is 2. The van der Waals surface area contributed by atoms with Crippen LogP contribution in [-0.2, 0) is 0 Å². The molecular formula is C25H28N6. The third-order valence-corrected chi connectivity index (χ3v) is 5.57. The fourth-order valence-electron chi connectivity index (χ4n) is 3.59. The minimum atomic E-state index is 0.222. The average Bonchev–Trinajstić information content (AvgIpc) is 3.21. The molecule has 0 saturated carbocycles. The predicted molar refractivity (Wildman–Crippen MR) is 129 cm³/mol. The lowest BCUT2D eigenvalue weighted by atomic mass is 10.0. The van der Waals surface area contributed by atoms with E-state index in [1.54, 1.807) is 12.4 Å². The summed E-state index contributed by atoms with van der Waals surface area (Å²) >= 11 is 0. The minimum Gasteiger partial charge on any atom is -0.388 e. The molecule has 4 N–H and O–H groups in total. The maximum absolute atomic E-state index is 5.88. The van der Waals surface area contributed by atoms with E-state index in [0.29, 0.717) is 0 Å². The number of rotatable bonds is 7. The van der Waals surface area contributed by atoms with Crippen LogP contribution >= 0.6 is 0 Å². The third kappa shape index (κ3) is 4.29. The highest BCUT2D eigenvalue weighted by Gasteiger charge is 2.24. The van der Waals surface area contributed by atoms with Crippen molar-refractivity contribution in [3.05, 3.63) is 90.7 Å². The van der Waals surface area contributed by atoms with Crippen molar-refractivity contribution in [3.63, 3.8) is 0 Å². The zero-order chi connectivity index (χ0) is 22.0. The molecule has 0 aliphatic carbocycles. The molecule has 6 nitrogen and oxygen atoms in total. The Morgan fingerprint density at radius 3 is 2.71 bits per heavy atom. The van der Waals surface area contributed by atoms with Gasteiger partial charge in [-0.05, 0) is 41.9 Å². The number of H-pyrrole nitrogens is 1. The molecule has 3 heterocycles. The lowest BCUT2D eigenvalue weighted by molar-refractivity contribution is 0.513. The van der Waals surface area contributed by atoms with Gasteiger partial charge in [-0.3, -0.25) is 4.98 Å². The van der Waals surface area contributed by atoms with Gasteiger partial charge in [0.05, 0.1) is 18.1 Å². The molecule has 0 spiro atoms. The monoisotopic (exact) mass is 412 g/mol. The molecule has 1 aromatic carbocycles. The SMILES string of the molecule is C=C(C(=C)c1cc2ccccc2[nH]1)/C(=C\C=C(/C)c1cncc(N2CC(N)C2)n1)NC. The Hall–Kier alpha value is -3.64. The number of para-hydroxylation sites is 1. The fraction of sp³-hybridized carbons (Fsp3) is 0.200. The molecule has 4 rings (SSSR count). The lowest BCUT2D eigenvalue weighted by Crippen LogP contribution is -2.56. The van der Waals surface area contributed by atoms with Crippen LogP contribution in [0, 0.1) is 0 Å². The van der Waals surface area contributed by atoms with Crippen LogP contribution in [0.3, 0.4) is 0 Å². The maximum atomic E-state index is 5.88. The molecule has 6 heteroatoms. The average molecular weight is 413 g/mol. The van der Waals surface area contributed by atoms with Crippen LogP contribution in [0.5, 0.6) is 0 Å². The van der Waals surface area contributed by atoms with E-state index in [4.69, 9.17) is 10.7 Å². The Labute approximate surface area is 182 Å². The van der Waals surface area contributed by atoms with Crippen molar-refractivity contribution < 1.29 is 0 Å². The van der Waals surface area contributed by atoms with Crippen LogP contribution in [0.2, 0.25) is 0 Å². The molecular weight excluding hydrogens is 384 g/mol. The molecule has 1 saturated heterocycles. The smallest absolute Gasteiger partial charge is 0.147 e. The summed E-state index contributed by atoms with van der Waals surface area (Å²) in [7, 11) is 1.88. The van der Waals surface area contributed by atoms with E-state index in [0.717, 1.165) is 63.6 Å². The first-order valence-corrected chi connectivity index (χ1v) is 10.3. The number of nitrogens with two attached hydrogens (primary N) is 1. The first kappa shape index (κ1) is 20.6. The lowest BCUT2D eigenvalue weighted by Gasteiger charge is -2.37. The molecule has 2 aromatic heterocycles. The molecule has 0 unspecified atom stereocenters. The van der Waals surface area contributed by atoms with Crippen molar-refractivity contribution in [2.45, 2.75) is 13.0 Å². The van der Waals surface area contributed by atoms with E-state index in [1.165, 1.54) is 0 Å². The maximum Gasteiger partial charge on any atom is 0.147 e. The van der Waals surface area contributed by atoms with Crippen molar-refractivity contribution in [1.29, 1.82) is 0 Å². The summed E-state index contributed by atoms with van der Waals surface area (Å²) in [5.74, 6) is 0.862. The van der Waals surface area contributed by atoms with E-state index in [1.807, 2.05) is 38.3 Å². The van der Waals surface area contributed by atoms with Crippen molar-refractivity contribution in [3.8, 4) is 0 Å². The second-order valence-corrected chi connectivity index (χ2v) is 7.83. The zero-order valence-electron chi connectivity index (χ0n) is 18.0. The number of allylic oxidation sites excluding steroid dienone is 4. The molecule has 3 aromatic rings. The summed E-state index contributed by atoms with van der Waals surface area (Å²) in [6.07, 6.45) is 7.58. The Bertz CT molecular complexity index is 1160. The second kappa shape index (κ2) is 8.62. The summed E-state index contributed by atoms with van der Waals surface area (Å²) in [5, 5.41) is 4.38. The van der Waals surface area contributed by atoms with Gasteiger partial charge in [-0.25, -0.2) is 4.98 Å². The van der Waals surface area contributed by atoms with E-state index in [9.17, 15) is 0 Å². The standard InChI is InChI=1S/C25H28N6/c1-16(24-12-28-13-25(30-24)31-14-20(26)15-31)9-10-21(27-4)17(2)18(3)23-11-19-7-5-6-8-22(19)29-23/h5-13,20,27,29H,2-3,14-15,26H2,1,4H3/b16-9+,21-10+. The van der Waals surface area contributed by atoms with E-state index in [-0.39, 0.29) is 6.04 Å². The Balaban J connectivity index is 1.53. The summed E-state index contributed by atoms with van der Waals surface area (Å²) in [6.45, 7) is 12.2. The molecule has 1 fully saturated rings. The van der Waals surface area contributed by atoms with E-state index < -0.39 is 0 Å². The molecule has 1 aliphatic rings. The highest BCUT2D eigenvalue weighted by Crippen LogP contribution is 2.27. The van der Waals surface area contributed by atoms with Gasteiger partial charge in [0.25, 0.3) is 0 Å². The molecule has 158 valence electrons. The van der Waals surface area contributed by atoms with Gasteiger partial charge < -0.3 is 20.9 Å². The minimum absolute atomic E-state index is 0.222. The third-order valence-electron chi connectivity index (χ3n) is 5.57. The molecule has 0 amide bonds. The number of likely N-dealkylation sites (N-methyl/N-ethyl adjacent to an activating group) is 1. The topological polar surface area (TPSA) is 82.9 Å². The van der Waals surface area contributed by atoms with Gasteiger partial charge in [0.2, 0.25) is 0 Å². The summed E-state index contributed by atoms with van der Waals surface area (Å²) in [4.78, 5) is 14.6. The van der Waals surface area contributed by atoms with Gasteiger partial charge in [0.15, 0.2) is 0 Å². The second-order valence-electron chi connectivity index (χ2n) is 7.83. The van der Waals surface area contributed by atoms with Crippen molar-refractivity contribution in [1.82, 2.24) is 20.3 Å². The van der Waals surface area contributed by atoms with Crippen LogP contribution in [0.1, 0.15) is 18.3 Å². The van der Waals surface area contributed by atoms with Crippen LogP contribution < -0.4 is 16.0 Å². The number of hydrogen-bond acceptors (Lipinski definition) is 5. The van der Waals surface area contributed by atoms with Crippen molar-refractivity contribution >= 4 is 27.9 Å². The highest BCUT2D eigenvalue weighted by atomic mass is 15.3. The molecule has 0 bridgehead atoms. The van der Waals surface area contributed by atoms with Gasteiger partial charge in [-0.2, -0.15) is 0 Å². The quantitative estimate of drug-likeness (QED) is 0.513. The number of nitrogens with zero attached hydrogens (tertiary/aromatic N) is 3. The zero-order valence-corrected chi connectivity index (χ0v) is 18.0. The van der Waals surface area contributed by atoms with Gasteiger partial charge in [0.1, 0.15) is 5.82 Å². The Kier molecular flexibility index (Phi) is 5.73. The Morgan fingerprint density at radius 2 is 2.00 bits per heavy atom. The molecule has 31 heavy (non-hydrogen) atoms. The van der Waals surface area contributed by atoms with Crippen molar-refractivity contribution in [2.24, 2.45) is 5.73 Å². The summed E-state index contributed by atoms with van der Waals surface area (Å²) in [5.41, 5.74) is 12.3. The number of fused-ring (bicyclic) bond motifs is 1. The summed E-state index contributed by atoms with van der Waals surface area (Å²) in [6, 6.07) is 10.5. The number of hydrogen-bond donors (Lipinski definition) is 3. The normalized spacial score (nSPS) is 15.1. The van der Waals surface area contributed by atoms with E-state index in [2.05, 4.69) is 51.5 Å². The van der Waals surface area contributed by atoms with Gasteiger partial charge in [-0.1, -0.05) is 37.4 Å². The number of benzene rings is 1. The molecule has 0 radical (unpaired) electrons. The largest absolute Gasteiger partial charge is 0.388 e. The van der Waals surface area contributed by atoms with E-state index >= 15 is 0 Å². The first-order chi connectivity index (χ1) is 15.0. The first-order valence-electron chi connectivity index (χ1n) is 10.3. The summed E-state index contributed by atoms with van der Waals surface area (Å²) < 4.78 is 0. The van der Waals surface area contributed by atoms with Crippen molar-refractivity contribution in [2.75, 3.05) is 25.0 Å².